The molecule has 0 saturated heterocycles. The first-order valence-corrected chi connectivity index (χ1v) is 11.3. The fraction of sp³-hybridized carbons (Fsp3) is 0.292. The highest BCUT2D eigenvalue weighted by molar-refractivity contribution is 7.98. The third kappa shape index (κ3) is 3.45. The minimum absolute atomic E-state index is 0.215. The van der Waals surface area contributed by atoms with Crippen molar-refractivity contribution in [1.82, 2.24) is 14.8 Å². The van der Waals surface area contributed by atoms with Gasteiger partial charge in [0.25, 0.3) is 0 Å². The van der Waals surface area contributed by atoms with Crippen LogP contribution in [0.5, 0.6) is 0 Å². The van der Waals surface area contributed by atoms with Gasteiger partial charge in [0.15, 0.2) is 5.78 Å². The first-order valence-electron chi connectivity index (χ1n) is 10.3. The number of thioether (sulfide) groups is 1. The number of aryl methyl sites for hydroxylation is 2. The van der Waals surface area contributed by atoms with Crippen LogP contribution < -0.4 is 5.32 Å². The number of nitrogens with one attached hydrogen (secondary N) is 1. The fourth-order valence-electron chi connectivity index (χ4n) is 4.33. The molecule has 5 rings (SSSR count). The number of ketones is 1. The molecule has 2 heterocycles. The van der Waals surface area contributed by atoms with Crippen molar-refractivity contribution in [3.63, 3.8) is 0 Å². The van der Waals surface area contributed by atoms with Crippen molar-refractivity contribution in [3.05, 3.63) is 82.1 Å². The van der Waals surface area contributed by atoms with E-state index in [-0.39, 0.29) is 11.8 Å². The highest BCUT2D eigenvalue weighted by Crippen LogP contribution is 2.41. The summed E-state index contributed by atoms with van der Waals surface area (Å²) in [5.41, 5.74) is 6.64. The second-order valence-corrected chi connectivity index (χ2v) is 8.94. The van der Waals surface area contributed by atoms with Gasteiger partial charge in [0.05, 0.1) is 0 Å². The number of nitrogens with zero attached hydrogens (tertiary/aromatic N) is 3. The van der Waals surface area contributed by atoms with Crippen LogP contribution in [0.15, 0.2) is 65.0 Å². The molecule has 1 atom stereocenters. The molecule has 1 aliphatic carbocycles. The van der Waals surface area contributed by atoms with Gasteiger partial charge in [0, 0.05) is 23.4 Å². The topological polar surface area (TPSA) is 59.8 Å². The smallest absolute Gasteiger partial charge is 0.227 e. The van der Waals surface area contributed by atoms with Crippen molar-refractivity contribution in [2.24, 2.45) is 0 Å². The minimum atomic E-state index is -0.217. The first-order chi connectivity index (χ1) is 14.6. The van der Waals surface area contributed by atoms with Crippen LogP contribution in [0.1, 0.15) is 47.6 Å². The summed E-state index contributed by atoms with van der Waals surface area (Å²) in [6.07, 6.45) is 2.36. The lowest BCUT2D eigenvalue weighted by molar-refractivity contribution is -0.116. The largest absolute Gasteiger partial charge is 0.328 e. The molecular formula is C24H24N4OS. The van der Waals surface area contributed by atoms with Crippen LogP contribution in [-0.4, -0.2) is 20.5 Å². The summed E-state index contributed by atoms with van der Waals surface area (Å²) in [6.45, 7) is 4.19. The number of Topliss-reactive ketones (excluding diaryl/α,β-unsaturated/α-hetero) is 1. The average molecular weight is 417 g/mol. The Morgan fingerprint density at radius 3 is 2.83 bits per heavy atom. The molecule has 2 aromatic carbocycles. The van der Waals surface area contributed by atoms with E-state index in [9.17, 15) is 4.79 Å². The van der Waals surface area contributed by atoms with Gasteiger partial charge in [0.2, 0.25) is 11.1 Å². The normalized spacial score (nSPS) is 18.1. The highest BCUT2D eigenvalue weighted by Gasteiger charge is 2.37. The van der Waals surface area contributed by atoms with E-state index in [1.807, 2.05) is 16.8 Å². The van der Waals surface area contributed by atoms with Crippen LogP contribution in [0, 0.1) is 13.8 Å². The van der Waals surface area contributed by atoms with Crippen LogP contribution >= 0.6 is 11.8 Å². The summed E-state index contributed by atoms with van der Waals surface area (Å²) in [7, 11) is 0. The van der Waals surface area contributed by atoms with Gasteiger partial charge < -0.3 is 5.32 Å². The number of allylic oxidation sites excluding steroid dienone is 2. The Bertz CT molecular complexity index is 1160. The van der Waals surface area contributed by atoms with Crippen LogP contribution in [0.4, 0.5) is 5.95 Å². The zero-order valence-corrected chi connectivity index (χ0v) is 18.0. The van der Waals surface area contributed by atoms with Crippen molar-refractivity contribution in [2.75, 3.05) is 5.32 Å². The molecule has 0 fully saturated rings. The van der Waals surface area contributed by atoms with E-state index in [0.29, 0.717) is 6.42 Å². The maximum atomic E-state index is 12.9. The number of hydrogen-bond donors (Lipinski definition) is 1. The second-order valence-electron chi connectivity index (χ2n) is 7.99. The van der Waals surface area contributed by atoms with Gasteiger partial charge in [-0.2, -0.15) is 4.98 Å². The van der Waals surface area contributed by atoms with E-state index < -0.39 is 0 Å². The SMILES string of the molecule is Cc1cccc(CSc2nc3n(n2)[C@@H](c2ccccc2C)C2=C(CCCC2=O)N3)c1. The molecule has 30 heavy (non-hydrogen) atoms. The molecule has 0 unspecified atom stereocenters. The molecule has 0 saturated carbocycles. The van der Waals surface area contributed by atoms with Gasteiger partial charge in [-0.15, -0.1) is 5.10 Å². The number of carbonyl (C=O) groups excluding carboxylic acids is 1. The molecule has 0 amide bonds. The average Bonchev–Trinajstić information content (AvgIpc) is 3.14. The third-order valence-electron chi connectivity index (χ3n) is 5.78. The molecule has 6 heteroatoms. The number of hydrogen-bond acceptors (Lipinski definition) is 5. The molecule has 3 aromatic rings. The van der Waals surface area contributed by atoms with E-state index in [0.717, 1.165) is 52.1 Å². The summed E-state index contributed by atoms with van der Waals surface area (Å²) < 4.78 is 1.91. The molecule has 1 N–H and O–H groups in total. The molecule has 5 nitrogen and oxygen atoms in total. The molecule has 152 valence electrons. The number of aromatic nitrogens is 3. The Balaban J connectivity index is 1.52. The van der Waals surface area contributed by atoms with Crippen molar-refractivity contribution in [3.8, 4) is 0 Å². The van der Waals surface area contributed by atoms with E-state index in [1.54, 1.807) is 11.8 Å². The van der Waals surface area contributed by atoms with E-state index in [2.05, 4.69) is 55.6 Å². The van der Waals surface area contributed by atoms with Gasteiger partial charge in [-0.3, -0.25) is 4.79 Å². The van der Waals surface area contributed by atoms with Gasteiger partial charge in [-0.1, -0.05) is 65.9 Å². The quantitative estimate of drug-likeness (QED) is 0.592. The summed E-state index contributed by atoms with van der Waals surface area (Å²) in [6, 6.07) is 16.5. The molecule has 0 radical (unpaired) electrons. The fourth-order valence-corrected chi connectivity index (χ4v) is 5.10. The third-order valence-corrected chi connectivity index (χ3v) is 6.69. The first kappa shape index (κ1) is 19.1. The summed E-state index contributed by atoms with van der Waals surface area (Å²) in [5.74, 6) is 1.75. The van der Waals surface area contributed by atoms with E-state index in [4.69, 9.17) is 10.1 Å². The van der Waals surface area contributed by atoms with Crippen molar-refractivity contribution >= 4 is 23.5 Å². The van der Waals surface area contributed by atoms with Crippen LogP contribution in [0.2, 0.25) is 0 Å². The van der Waals surface area contributed by atoms with Gasteiger partial charge in [-0.05, 0) is 43.4 Å². The Morgan fingerprint density at radius 2 is 2.00 bits per heavy atom. The van der Waals surface area contributed by atoms with Crippen LogP contribution in [0.3, 0.4) is 0 Å². The lowest BCUT2D eigenvalue weighted by Gasteiger charge is -2.32. The minimum Gasteiger partial charge on any atom is -0.328 e. The predicted molar refractivity (Wildman–Crippen MR) is 120 cm³/mol. The zero-order valence-electron chi connectivity index (χ0n) is 17.2. The van der Waals surface area contributed by atoms with E-state index in [1.165, 1.54) is 11.1 Å². The van der Waals surface area contributed by atoms with Gasteiger partial charge >= 0.3 is 0 Å². The lowest BCUT2D eigenvalue weighted by Crippen LogP contribution is -2.31. The monoisotopic (exact) mass is 416 g/mol. The van der Waals surface area contributed by atoms with Crippen LogP contribution in [0.25, 0.3) is 0 Å². The Labute approximate surface area is 180 Å². The number of carbonyl (C=O) groups is 1. The van der Waals surface area contributed by atoms with Crippen molar-refractivity contribution < 1.29 is 4.79 Å². The maximum absolute atomic E-state index is 12.9. The zero-order chi connectivity index (χ0) is 20.7. The molecule has 1 aliphatic heterocycles. The maximum Gasteiger partial charge on any atom is 0.227 e. The lowest BCUT2D eigenvalue weighted by atomic mass is 9.84. The summed E-state index contributed by atoms with van der Waals surface area (Å²) in [5, 5.41) is 8.97. The Kier molecular flexibility index (Phi) is 4.95. The van der Waals surface area contributed by atoms with Crippen LogP contribution in [-0.2, 0) is 10.5 Å². The molecule has 1 aromatic heterocycles. The number of benzene rings is 2. The number of fused-ring (bicyclic) bond motifs is 1. The molecule has 0 spiro atoms. The number of anilines is 1. The van der Waals surface area contributed by atoms with Crippen molar-refractivity contribution in [2.45, 2.75) is 50.1 Å². The molecule has 2 aliphatic rings. The standard InChI is InChI=1S/C24H24N4OS/c1-15-7-5-9-17(13-15)14-30-24-26-23-25-19-11-6-12-20(29)21(19)22(28(23)27-24)18-10-4-3-8-16(18)2/h3-5,7-10,13,22H,6,11-12,14H2,1-2H3,(H,25,26,27)/t22-/m0/s1. The van der Waals surface area contributed by atoms with Crippen molar-refractivity contribution in [1.29, 1.82) is 0 Å². The molecular weight excluding hydrogens is 392 g/mol. The van der Waals surface area contributed by atoms with Gasteiger partial charge in [0.1, 0.15) is 6.04 Å². The predicted octanol–water partition coefficient (Wildman–Crippen LogP) is 5.21. The molecule has 0 bridgehead atoms. The Hall–Kier alpha value is -2.86. The second kappa shape index (κ2) is 7.76. The Morgan fingerprint density at radius 1 is 1.13 bits per heavy atom. The highest BCUT2D eigenvalue weighted by atomic mass is 32.2. The summed E-state index contributed by atoms with van der Waals surface area (Å²) in [4.78, 5) is 17.7. The summed E-state index contributed by atoms with van der Waals surface area (Å²) >= 11 is 1.62. The van der Waals surface area contributed by atoms with Gasteiger partial charge in [-0.25, -0.2) is 4.68 Å². The number of rotatable bonds is 4. The van der Waals surface area contributed by atoms with E-state index >= 15 is 0 Å².